The normalized spacial score (nSPS) is 11.9. The number of hydrogen-bond acceptors (Lipinski definition) is 5. The number of anilines is 1. The molecular weight excluding hydrogens is 288 g/mol. The molecule has 0 bridgehead atoms. The lowest BCUT2D eigenvalue weighted by Crippen LogP contribution is -2.09. The van der Waals surface area contributed by atoms with E-state index in [4.69, 9.17) is 10.5 Å². The molecule has 110 valence electrons. The van der Waals surface area contributed by atoms with Gasteiger partial charge in [0.2, 0.25) is 6.54 Å². The minimum Gasteiger partial charge on any atom is -0.497 e. The standard InChI is InChI=1S/C15H16N2O3S/c1-20-13-6-2-11(3-7-13)15(10-17(18)19)21-14-8-4-12(16)5-9-14/h2-9,15H,10,16H2,1H3/t15-/m0/s1. The van der Waals surface area contributed by atoms with E-state index >= 15 is 0 Å². The Kier molecular flexibility index (Phi) is 5.05. The third-order valence-corrected chi connectivity index (χ3v) is 4.21. The first-order valence-electron chi connectivity index (χ1n) is 6.36. The third kappa shape index (κ3) is 4.39. The van der Waals surface area contributed by atoms with Gasteiger partial charge in [0.05, 0.1) is 12.4 Å². The van der Waals surface area contributed by atoms with Crippen LogP contribution in [0.25, 0.3) is 0 Å². The van der Waals surface area contributed by atoms with E-state index in [0.717, 1.165) is 16.2 Å². The Hall–Kier alpha value is -2.21. The fourth-order valence-corrected chi connectivity index (χ4v) is 2.99. The van der Waals surface area contributed by atoms with Crippen LogP contribution in [0, 0.1) is 10.1 Å². The second-order valence-corrected chi connectivity index (χ2v) is 5.74. The molecule has 6 heteroatoms. The molecule has 0 aliphatic carbocycles. The molecule has 2 aromatic carbocycles. The first kappa shape index (κ1) is 15.2. The highest BCUT2D eigenvalue weighted by Crippen LogP contribution is 2.36. The predicted octanol–water partition coefficient (Wildman–Crippen LogP) is 3.39. The highest BCUT2D eigenvalue weighted by atomic mass is 32.2. The summed E-state index contributed by atoms with van der Waals surface area (Å²) in [6, 6.07) is 14.7. The summed E-state index contributed by atoms with van der Waals surface area (Å²) in [5.41, 5.74) is 7.22. The van der Waals surface area contributed by atoms with Gasteiger partial charge in [0.15, 0.2) is 0 Å². The zero-order valence-electron chi connectivity index (χ0n) is 11.6. The van der Waals surface area contributed by atoms with Crippen LogP contribution in [0.4, 0.5) is 5.69 Å². The average Bonchev–Trinajstić information content (AvgIpc) is 2.48. The molecule has 0 spiro atoms. The van der Waals surface area contributed by atoms with Crippen LogP contribution in [0.3, 0.4) is 0 Å². The van der Waals surface area contributed by atoms with E-state index < -0.39 is 0 Å². The Morgan fingerprint density at radius 2 is 1.81 bits per heavy atom. The number of rotatable bonds is 6. The third-order valence-electron chi connectivity index (χ3n) is 2.96. The number of nitrogen functional groups attached to an aromatic ring is 1. The van der Waals surface area contributed by atoms with Gasteiger partial charge < -0.3 is 10.5 Å². The number of nitro groups is 1. The summed E-state index contributed by atoms with van der Waals surface area (Å²) < 4.78 is 5.11. The maximum absolute atomic E-state index is 10.9. The zero-order chi connectivity index (χ0) is 15.2. The van der Waals surface area contributed by atoms with Gasteiger partial charge in [-0.05, 0) is 42.0 Å². The minimum atomic E-state index is -0.292. The van der Waals surface area contributed by atoms with Gasteiger partial charge in [-0.1, -0.05) is 12.1 Å². The molecule has 0 unspecified atom stereocenters. The van der Waals surface area contributed by atoms with Gasteiger partial charge in [0.1, 0.15) is 5.75 Å². The minimum absolute atomic E-state index is 0.138. The maximum atomic E-state index is 10.9. The Balaban J connectivity index is 2.20. The number of benzene rings is 2. The van der Waals surface area contributed by atoms with Gasteiger partial charge >= 0.3 is 0 Å². The molecule has 0 aliphatic heterocycles. The van der Waals surface area contributed by atoms with E-state index in [2.05, 4.69) is 0 Å². The van der Waals surface area contributed by atoms with Crippen molar-refractivity contribution in [1.82, 2.24) is 0 Å². The number of hydrogen-bond donors (Lipinski definition) is 1. The van der Waals surface area contributed by atoms with E-state index in [1.807, 2.05) is 36.4 Å². The summed E-state index contributed by atoms with van der Waals surface area (Å²) in [7, 11) is 1.59. The Bertz CT molecular complexity index is 599. The van der Waals surface area contributed by atoms with Crippen molar-refractivity contribution in [2.45, 2.75) is 10.1 Å². The number of thioether (sulfide) groups is 1. The van der Waals surface area contributed by atoms with Crippen molar-refractivity contribution in [1.29, 1.82) is 0 Å². The van der Waals surface area contributed by atoms with E-state index in [0.29, 0.717) is 5.69 Å². The Morgan fingerprint density at radius 1 is 1.19 bits per heavy atom. The fraction of sp³-hybridized carbons (Fsp3) is 0.200. The van der Waals surface area contributed by atoms with Gasteiger partial charge in [0, 0.05) is 15.5 Å². The summed E-state index contributed by atoms with van der Waals surface area (Å²) in [5, 5.41) is 10.6. The van der Waals surface area contributed by atoms with Crippen LogP contribution in [-0.4, -0.2) is 18.6 Å². The smallest absolute Gasteiger partial charge is 0.220 e. The largest absolute Gasteiger partial charge is 0.497 e. The van der Waals surface area contributed by atoms with E-state index in [1.54, 1.807) is 19.2 Å². The molecule has 21 heavy (non-hydrogen) atoms. The van der Waals surface area contributed by atoms with Gasteiger partial charge in [-0.3, -0.25) is 10.1 Å². The van der Waals surface area contributed by atoms with E-state index in [9.17, 15) is 10.1 Å². The molecule has 5 nitrogen and oxygen atoms in total. The SMILES string of the molecule is COc1ccc([C@H](C[N+](=O)[O-])Sc2ccc(N)cc2)cc1. The molecule has 0 radical (unpaired) electrons. The lowest BCUT2D eigenvalue weighted by atomic mass is 10.1. The fourth-order valence-electron chi connectivity index (χ4n) is 1.88. The molecule has 1 atom stereocenters. The van der Waals surface area contributed by atoms with Gasteiger partial charge in [-0.2, -0.15) is 0 Å². The highest BCUT2D eigenvalue weighted by molar-refractivity contribution is 7.99. The highest BCUT2D eigenvalue weighted by Gasteiger charge is 2.19. The Labute approximate surface area is 127 Å². The lowest BCUT2D eigenvalue weighted by molar-refractivity contribution is -0.479. The molecule has 2 aromatic rings. The van der Waals surface area contributed by atoms with Crippen molar-refractivity contribution < 1.29 is 9.66 Å². The lowest BCUT2D eigenvalue weighted by Gasteiger charge is -2.13. The van der Waals surface area contributed by atoms with E-state index in [-0.39, 0.29) is 16.7 Å². The van der Waals surface area contributed by atoms with Crippen LogP contribution in [0.1, 0.15) is 10.8 Å². The van der Waals surface area contributed by atoms with Crippen molar-refractivity contribution in [2.75, 3.05) is 19.4 Å². The summed E-state index contributed by atoms with van der Waals surface area (Å²) >= 11 is 1.45. The maximum Gasteiger partial charge on any atom is 0.220 e. The van der Waals surface area contributed by atoms with E-state index in [1.165, 1.54) is 11.8 Å². The summed E-state index contributed by atoms with van der Waals surface area (Å²) in [6.45, 7) is -0.138. The van der Waals surface area contributed by atoms with Gasteiger partial charge in [-0.25, -0.2) is 0 Å². The molecule has 0 heterocycles. The monoisotopic (exact) mass is 304 g/mol. The van der Waals surface area contributed by atoms with Crippen LogP contribution in [-0.2, 0) is 0 Å². The van der Waals surface area contributed by atoms with Crippen molar-refractivity contribution in [2.24, 2.45) is 0 Å². The van der Waals surface area contributed by atoms with Crippen LogP contribution < -0.4 is 10.5 Å². The molecule has 0 saturated heterocycles. The molecular formula is C15H16N2O3S. The van der Waals surface area contributed by atoms with Crippen LogP contribution in [0.5, 0.6) is 5.75 Å². The molecule has 0 fully saturated rings. The van der Waals surface area contributed by atoms with Crippen LogP contribution >= 0.6 is 11.8 Å². The van der Waals surface area contributed by atoms with Crippen molar-refractivity contribution in [3.05, 3.63) is 64.2 Å². The number of methoxy groups -OCH3 is 1. The molecule has 0 saturated carbocycles. The summed E-state index contributed by atoms with van der Waals surface area (Å²) in [6.07, 6.45) is 0. The molecule has 0 aliphatic rings. The molecule has 2 rings (SSSR count). The van der Waals surface area contributed by atoms with Crippen molar-refractivity contribution in [3.8, 4) is 5.75 Å². The summed E-state index contributed by atoms with van der Waals surface area (Å²) in [4.78, 5) is 11.6. The first-order chi connectivity index (χ1) is 10.1. The second kappa shape index (κ2) is 6.99. The first-order valence-corrected chi connectivity index (χ1v) is 7.24. The molecule has 0 aromatic heterocycles. The van der Waals surface area contributed by atoms with Crippen molar-refractivity contribution in [3.63, 3.8) is 0 Å². The van der Waals surface area contributed by atoms with Crippen LogP contribution in [0.15, 0.2) is 53.4 Å². The number of nitrogens with two attached hydrogens (primary N) is 1. The molecule has 0 amide bonds. The quantitative estimate of drug-likeness (QED) is 0.383. The van der Waals surface area contributed by atoms with Gasteiger partial charge in [0.25, 0.3) is 0 Å². The topological polar surface area (TPSA) is 78.4 Å². The molecule has 2 N–H and O–H groups in total. The second-order valence-electron chi connectivity index (χ2n) is 4.46. The zero-order valence-corrected chi connectivity index (χ0v) is 12.4. The average molecular weight is 304 g/mol. The van der Waals surface area contributed by atoms with Crippen LogP contribution in [0.2, 0.25) is 0 Å². The predicted molar refractivity (Wildman–Crippen MR) is 84.3 cm³/mol. The number of ether oxygens (including phenoxy) is 1. The van der Waals surface area contributed by atoms with Crippen molar-refractivity contribution >= 4 is 17.4 Å². The number of nitrogens with zero attached hydrogens (tertiary/aromatic N) is 1. The van der Waals surface area contributed by atoms with Gasteiger partial charge in [-0.15, -0.1) is 11.8 Å². The Morgan fingerprint density at radius 3 is 2.33 bits per heavy atom. The summed E-state index contributed by atoms with van der Waals surface area (Å²) in [5.74, 6) is 0.732.